The van der Waals surface area contributed by atoms with Crippen LogP contribution in [0.15, 0.2) is 0 Å². The van der Waals surface area contributed by atoms with Gasteiger partial charge < -0.3 is 15.4 Å². The van der Waals surface area contributed by atoms with Crippen LogP contribution in [0.2, 0.25) is 0 Å². The third-order valence-corrected chi connectivity index (χ3v) is 4.35. The van der Waals surface area contributed by atoms with Gasteiger partial charge in [0.05, 0.1) is 13.2 Å². The van der Waals surface area contributed by atoms with Crippen LogP contribution in [0.1, 0.15) is 46.0 Å². The Kier molecular flexibility index (Phi) is 7.27. The van der Waals surface area contributed by atoms with Crippen LogP contribution in [0.5, 0.6) is 0 Å². The van der Waals surface area contributed by atoms with Crippen LogP contribution in [-0.4, -0.2) is 38.3 Å². The van der Waals surface area contributed by atoms with Crippen molar-refractivity contribution in [2.24, 2.45) is 11.3 Å². The first kappa shape index (κ1) is 17.7. The van der Waals surface area contributed by atoms with Gasteiger partial charge in [0.1, 0.15) is 0 Å². The molecule has 2 fully saturated rings. The Bertz CT molecular complexity index is 300. The van der Waals surface area contributed by atoms with E-state index in [0.717, 1.165) is 19.7 Å². The molecule has 1 aliphatic heterocycles. The highest BCUT2D eigenvalue weighted by Gasteiger charge is 2.37. The van der Waals surface area contributed by atoms with Crippen molar-refractivity contribution in [2.75, 3.05) is 26.3 Å². The third kappa shape index (κ3) is 5.23. The predicted octanol–water partition coefficient (Wildman–Crippen LogP) is 2.12. The molecule has 0 aromatic carbocycles. The fourth-order valence-electron chi connectivity index (χ4n) is 3.33. The molecule has 0 spiro atoms. The first-order chi connectivity index (χ1) is 9.10. The molecule has 0 aromatic rings. The zero-order chi connectivity index (χ0) is 13.7. The summed E-state index contributed by atoms with van der Waals surface area (Å²) < 4.78 is 5.37. The minimum Gasteiger partial charge on any atom is -0.378 e. The predicted molar refractivity (Wildman–Crippen MR) is 83.2 cm³/mol. The van der Waals surface area contributed by atoms with Crippen molar-refractivity contribution >= 4 is 18.3 Å². The molecule has 0 radical (unpaired) electrons. The van der Waals surface area contributed by atoms with E-state index in [-0.39, 0.29) is 24.4 Å². The number of carbonyl (C=O) groups excluding carboxylic acids is 1. The van der Waals surface area contributed by atoms with E-state index in [0.29, 0.717) is 24.4 Å². The summed E-state index contributed by atoms with van der Waals surface area (Å²) in [7, 11) is 0. The molecule has 20 heavy (non-hydrogen) atoms. The lowest BCUT2D eigenvalue weighted by molar-refractivity contribution is -0.123. The molecule has 1 amide bonds. The third-order valence-electron chi connectivity index (χ3n) is 4.35. The van der Waals surface area contributed by atoms with E-state index in [4.69, 9.17) is 4.74 Å². The van der Waals surface area contributed by atoms with Gasteiger partial charge in [-0.3, -0.25) is 4.79 Å². The zero-order valence-electron chi connectivity index (χ0n) is 12.7. The van der Waals surface area contributed by atoms with Crippen LogP contribution in [0.25, 0.3) is 0 Å². The summed E-state index contributed by atoms with van der Waals surface area (Å²) in [5, 5.41) is 6.47. The minimum absolute atomic E-state index is 0. The van der Waals surface area contributed by atoms with Gasteiger partial charge in [-0.2, -0.15) is 0 Å². The second-order valence-corrected chi connectivity index (χ2v) is 6.66. The Morgan fingerprint density at radius 3 is 2.70 bits per heavy atom. The van der Waals surface area contributed by atoms with E-state index in [9.17, 15) is 4.79 Å². The molecule has 1 aliphatic carbocycles. The standard InChI is InChI=1S/C15H28N2O2.ClH/c1-12(2)9-15(4-3-5-15)11-17-14(18)8-13-10-19-7-6-16-13;/h12-13,16H,3-11H2,1-2H3,(H,17,18);1H. The summed E-state index contributed by atoms with van der Waals surface area (Å²) in [6, 6.07) is 0.191. The minimum atomic E-state index is 0. The molecule has 5 heteroatoms. The quantitative estimate of drug-likeness (QED) is 0.790. The van der Waals surface area contributed by atoms with Crippen LogP contribution in [-0.2, 0) is 9.53 Å². The average Bonchev–Trinajstić information content (AvgIpc) is 2.33. The number of hydrogen-bond donors (Lipinski definition) is 2. The number of amides is 1. The Morgan fingerprint density at radius 2 is 2.20 bits per heavy atom. The van der Waals surface area contributed by atoms with Gasteiger partial charge in [-0.25, -0.2) is 0 Å². The summed E-state index contributed by atoms with van der Waals surface area (Å²) in [4.78, 5) is 12.0. The number of hydrogen-bond acceptors (Lipinski definition) is 3. The zero-order valence-corrected chi connectivity index (χ0v) is 13.6. The summed E-state index contributed by atoms with van der Waals surface area (Å²) in [5.41, 5.74) is 0.389. The van der Waals surface area contributed by atoms with E-state index in [1.165, 1.54) is 25.7 Å². The monoisotopic (exact) mass is 304 g/mol. The van der Waals surface area contributed by atoms with Crippen molar-refractivity contribution in [3.63, 3.8) is 0 Å². The Morgan fingerprint density at radius 1 is 1.45 bits per heavy atom. The van der Waals surface area contributed by atoms with Crippen molar-refractivity contribution in [1.29, 1.82) is 0 Å². The fraction of sp³-hybridized carbons (Fsp3) is 0.933. The maximum absolute atomic E-state index is 12.0. The smallest absolute Gasteiger partial charge is 0.221 e. The van der Waals surface area contributed by atoms with E-state index >= 15 is 0 Å². The van der Waals surface area contributed by atoms with Gasteiger partial charge in [-0.1, -0.05) is 20.3 Å². The first-order valence-corrected chi connectivity index (χ1v) is 7.67. The molecule has 2 N–H and O–H groups in total. The highest BCUT2D eigenvalue weighted by molar-refractivity contribution is 5.85. The summed E-state index contributed by atoms with van der Waals surface area (Å²) >= 11 is 0. The van der Waals surface area contributed by atoms with Crippen LogP contribution in [0.3, 0.4) is 0 Å². The lowest BCUT2D eigenvalue weighted by Crippen LogP contribution is -2.47. The van der Waals surface area contributed by atoms with Crippen molar-refractivity contribution in [3.05, 3.63) is 0 Å². The summed E-state index contributed by atoms with van der Waals surface area (Å²) in [6.07, 6.45) is 5.64. The second-order valence-electron chi connectivity index (χ2n) is 6.66. The van der Waals surface area contributed by atoms with Gasteiger partial charge >= 0.3 is 0 Å². The Hall–Kier alpha value is -0.320. The molecular weight excluding hydrogens is 276 g/mol. The molecule has 4 nitrogen and oxygen atoms in total. The van der Waals surface area contributed by atoms with Gasteiger partial charge in [0.15, 0.2) is 0 Å². The van der Waals surface area contributed by atoms with E-state index in [1.54, 1.807) is 0 Å². The maximum atomic E-state index is 12.0. The highest BCUT2D eigenvalue weighted by atomic mass is 35.5. The van der Waals surface area contributed by atoms with Crippen LogP contribution >= 0.6 is 12.4 Å². The fourth-order valence-corrected chi connectivity index (χ4v) is 3.33. The Balaban J connectivity index is 0.00000200. The highest BCUT2D eigenvalue weighted by Crippen LogP contribution is 2.45. The van der Waals surface area contributed by atoms with Crippen LogP contribution in [0.4, 0.5) is 0 Å². The molecule has 0 aromatic heterocycles. The topological polar surface area (TPSA) is 50.4 Å². The first-order valence-electron chi connectivity index (χ1n) is 7.67. The number of ether oxygens (including phenoxy) is 1. The molecule has 1 unspecified atom stereocenters. The molecule has 2 aliphatic rings. The average molecular weight is 305 g/mol. The molecule has 118 valence electrons. The van der Waals surface area contributed by atoms with Gasteiger partial charge in [-0.05, 0) is 30.6 Å². The maximum Gasteiger partial charge on any atom is 0.221 e. The number of rotatable bonds is 6. The van der Waals surface area contributed by atoms with Crippen LogP contribution < -0.4 is 10.6 Å². The van der Waals surface area contributed by atoms with Crippen molar-refractivity contribution in [1.82, 2.24) is 10.6 Å². The molecule has 1 saturated heterocycles. The molecule has 1 saturated carbocycles. The van der Waals surface area contributed by atoms with Gasteiger partial charge in [0, 0.05) is 25.6 Å². The van der Waals surface area contributed by atoms with Gasteiger partial charge in [-0.15, -0.1) is 12.4 Å². The van der Waals surface area contributed by atoms with Gasteiger partial charge in [0.2, 0.25) is 5.91 Å². The number of carbonyl (C=O) groups is 1. The molecular formula is C15H29ClN2O2. The number of morpholine rings is 1. The molecule has 0 bridgehead atoms. The molecule has 1 heterocycles. The SMILES string of the molecule is CC(C)CC1(CNC(=O)CC2COCCN2)CCC1.Cl. The lowest BCUT2D eigenvalue weighted by atomic mass is 9.64. The van der Waals surface area contributed by atoms with E-state index in [1.807, 2.05) is 0 Å². The van der Waals surface area contributed by atoms with Crippen molar-refractivity contribution in [3.8, 4) is 0 Å². The lowest BCUT2D eigenvalue weighted by Gasteiger charge is -2.43. The van der Waals surface area contributed by atoms with Crippen LogP contribution in [0, 0.1) is 11.3 Å². The number of halogens is 1. The Labute approximate surface area is 128 Å². The van der Waals surface area contributed by atoms with E-state index < -0.39 is 0 Å². The molecule has 1 atom stereocenters. The second kappa shape index (κ2) is 8.20. The van der Waals surface area contributed by atoms with E-state index in [2.05, 4.69) is 24.5 Å². The van der Waals surface area contributed by atoms with Gasteiger partial charge in [0.25, 0.3) is 0 Å². The molecule has 2 rings (SSSR count). The summed E-state index contributed by atoms with van der Waals surface area (Å²) in [5.74, 6) is 0.878. The summed E-state index contributed by atoms with van der Waals surface area (Å²) in [6.45, 7) is 7.67. The number of nitrogens with one attached hydrogen (secondary N) is 2. The largest absolute Gasteiger partial charge is 0.378 e. The van der Waals surface area contributed by atoms with Crippen molar-refractivity contribution in [2.45, 2.75) is 52.0 Å². The normalized spacial score (nSPS) is 24.6. The van der Waals surface area contributed by atoms with Crippen molar-refractivity contribution < 1.29 is 9.53 Å².